The first kappa shape index (κ1) is 26.9. The molecule has 0 fully saturated rings. The maximum atomic E-state index is 12.4. The molecule has 4 N–H and O–H groups in total. The molecule has 2 aromatic rings. The molecular weight excluding hydrogens is 440 g/mol. The number of carboxylic acid groups (broad SMARTS) is 1. The van der Waals surface area contributed by atoms with Gasteiger partial charge in [0, 0.05) is 0 Å². The third-order valence-corrected chi connectivity index (χ3v) is 5.91. The lowest BCUT2D eigenvalue weighted by Crippen LogP contribution is -2.42. The molecule has 2 rings (SSSR count). The van der Waals surface area contributed by atoms with Crippen molar-refractivity contribution in [2.75, 3.05) is 13.2 Å². The largest absolute Gasteiger partial charge is 0.494 e. The van der Waals surface area contributed by atoms with Gasteiger partial charge in [-0.05, 0) is 49.1 Å². The molecule has 0 radical (unpaired) electrons. The van der Waals surface area contributed by atoms with Crippen molar-refractivity contribution in [1.29, 1.82) is 0 Å². The van der Waals surface area contributed by atoms with Crippen LogP contribution in [0.1, 0.15) is 36.8 Å². The molecule has 9 heteroatoms. The number of aliphatic carboxylic acids is 1. The minimum absolute atomic E-state index is 0. The van der Waals surface area contributed by atoms with E-state index in [1.165, 1.54) is 0 Å². The van der Waals surface area contributed by atoms with E-state index in [9.17, 15) is 18.3 Å². The van der Waals surface area contributed by atoms with Crippen molar-refractivity contribution in [2.24, 2.45) is 5.73 Å². The average Bonchev–Trinajstić information content (AvgIpc) is 2.71. The first-order chi connectivity index (χ1) is 14.4. The number of unbranched alkanes of at least 4 members (excludes halogenated alkanes) is 3. The van der Waals surface area contributed by atoms with Gasteiger partial charge in [0.2, 0.25) is 10.0 Å². The van der Waals surface area contributed by atoms with Gasteiger partial charge in [0.25, 0.3) is 0 Å². The van der Waals surface area contributed by atoms with Gasteiger partial charge in [-0.25, -0.2) is 13.1 Å². The average molecular weight is 471 g/mol. The van der Waals surface area contributed by atoms with E-state index in [2.05, 4.69) is 4.72 Å². The second kappa shape index (κ2) is 14.0. The van der Waals surface area contributed by atoms with Crippen molar-refractivity contribution in [3.63, 3.8) is 0 Å². The number of carboxylic acids is 1. The van der Waals surface area contributed by atoms with E-state index in [4.69, 9.17) is 10.5 Å². The topological polar surface area (TPSA) is 119 Å². The normalized spacial score (nSPS) is 12.0. The second-order valence-corrected chi connectivity index (χ2v) is 8.91. The molecule has 1 atom stereocenters. The Morgan fingerprint density at radius 1 is 0.968 bits per heavy atom. The highest BCUT2D eigenvalue weighted by Gasteiger charge is 2.24. The summed E-state index contributed by atoms with van der Waals surface area (Å²) >= 11 is 0. The molecule has 0 aromatic heterocycles. The Kier molecular flexibility index (Phi) is 12.2. The van der Waals surface area contributed by atoms with Crippen LogP contribution in [-0.2, 0) is 27.0 Å². The minimum atomic E-state index is -3.79. The number of sulfonamides is 1. The van der Waals surface area contributed by atoms with Crippen molar-refractivity contribution in [3.8, 4) is 5.75 Å². The number of hydrogen-bond donors (Lipinski definition) is 3. The smallest absolute Gasteiger partial charge is 0.322 e. The third-order valence-electron chi connectivity index (χ3n) is 4.55. The van der Waals surface area contributed by atoms with Crippen LogP contribution >= 0.6 is 12.4 Å². The zero-order valence-electron chi connectivity index (χ0n) is 17.4. The number of ether oxygens (including phenoxy) is 1. The van der Waals surface area contributed by atoms with Crippen LogP contribution < -0.4 is 15.2 Å². The van der Waals surface area contributed by atoms with E-state index < -0.39 is 22.0 Å². The summed E-state index contributed by atoms with van der Waals surface area (Å²) in [6, 6.07) is 14.5. The van der Waals surface area contributed by atoms with Gasteiger partial charge in [-0.1, -0.05) is 55.3 Å². The summed E-state index contributed by atoms with van der Waals surface area (Å²) in [5.41, 5.74) is 6.77. The quantitative estimate of drug-likeness (QED) is 0.365. The Morgan fingerprint density at radius 2 is 1.61 bits per heavy atom. The molecule has 172 valence electrons. The number of nitrogens with two attached hydrogens (primary N) is 1. The van der Waals surface area contributed by atoms with Gasteiger partial charge < -0.3 is 15.6 Å². The fraction of sp³-hybridized carbons (Fsp3) is 0.409. The monoisotopic (exact) mass is 470 g/mol. The standard InChI is InChI=1S/C22H30N2O5S.ClH/c23-14-6-1-2-7-15-29-20-12-10-18(11-13-20)16-21(22(25)26)24-30(27,28)17-19-8-4-3-5-9-19;/h3-5,8-13,21,24H,1-2,6-7,14-17,23H2,(H,25,26);1H. The molecule has 31 heavy (non-hydrogen) atoms. The molecule has 2 aromatic carbocycles. The fourth-order valence-corrected chi connectivity index (χ4v) is 4.31. The summed E-state index contributed by atoms with van der Waals surface area (Å²) in [5.74, 6) is -0.783. The predicted molar refractivity (Wildman–Crippen MR) is 124 cm³/mol. The van der Waals surface area contributed by atoms with Crippen LogP contribution in [0.5, 0.6) is 5.75 Å². The second-order valence-electron chi connectivity index (χ2n) is 7.15. The van der Waals surface area contributed by atoms with Crippen LogP contribution in [-0.4, -0.2) is 38.7 Å². The summed E-state index contributed by atoms with van der Waals surface area (Å²) in [4.78, 5) is 11.6. The SMILES string of the molecule is Cl.NCCCCCCOc1ccc(CC(NS(=O)(=O)Cc2ccccc2)C(=O)O)cc1. The highest BCUT2D eigenvalue weighted by atomic mass is 35.5. The van der Waals surface area contributed by atoms with Gasteiger partial charge in [-0.2, -0.15) is 0 Å². The number of hydrogen-bond acceptors (Lipinski definition) is 5. The lowest BCUT2D eigenvalue weighted by Gasteiger charge is -2.15. The Bertz CT molecular complexity index is 877. The van der Waals surface area contributed by atoms with Gasteiger partial charge >= 0.3 is 5.97 Å². The lowest BCUT2D eigenvalue weighted by atomic mass is 10.1. The lowest BCUT2D eigenvalue weighted by molar-refractivity contribution is -0.138. The third kappa shape index (κ3) is 10.6. The highest BCUT2D eigenvalue weighted by Crippen LogP contribution is 2.15. The van der Waals surface area contributed by atoms with Gasteiger partial charge in [0.1, 0.15) is 11.8 Å². The van der Waals surface area contributed by atoms with E-state index >= 15 is 0 Å². The van der Waals surface area contributed by atoms with Crippen molar-refractivity contribution in [3.05, 3.63) is 65.7 Å². The molecule has 0 spiro atoms. The van der Waals surface area contributed by atoms with Gasteiger partial charge in [0.05, 0.1) is 12.4 Å². The summed E-state index contributed by atoms with van der Waals surface area (Å²) in [6.45, 7) is 1.32. The highest BCUT2D eigenvalue weighted by molar-refractivity contribution is 7.88. The van der Waals surface area contributed by atoms with Crippen molar-refractivity contribution in [2.45, 2.75) is 43.9 Å². The summed E-state index contributed by atoms with van der Waals surface area (Å²) in [5, 5.41) is 9.46. The van der Waals surface area contributed by atoms with E-state index in [0.717, 1.165) is 25.7 Å². The van der Waals surface area contributed by atoms with E-state index in [-0.39, 0.29) is 24.6 Å². The Hall–Kier alpha value is -2.13. The molecule has 0 heterocycles. The summed E-state index contributed by atoms with van der Waals surface area (Å²) in [6.07, 6.45) is 4.18. The molecule has 0 aliphatic carbocycles. The number of carbonyl (C=O) groups is 1. The zero-order valence-corrected chi connectivity index (χ0v) is 19.0. The number of nitrogens with one attached hydrogen (secondary N) is 1. The number of rotatable bonds is 14. The summed E-state index contributed by atoms with van der Waals surface area (Å²) < 4.78 is 32.7. The first-order valence-corrected chi connectivity index (χ1v) is 11.7. The van der Waals surface area contributed by atoms with Gasteiger partial charge in [0.15, 0.2) is 0 Å². The van der Waals surface area contributed by atoms with Gasteiger partial charge in [-0.15, -0.1) is 12.4 Å². The minimum Gasteiger partial charge on any atom is -0.494 e. The van der Waals surface area contributed by atoms with Gasteiger partial charge in [-0.3, -0.25) is 4.79 Å². The van der Waals surface area contributed by atoms with E-state index in [1.807, 2.05) is 0 Å². The summed E-state index contributed by atoms with van der Waals surface area (Å²) in [7, 11) is -3.79. The molecule has 0 aliphatic heterocycles. The van der Waals surface area contributed by atoms with Crippen LogP contribution in [0.2, 0.25) is 0 Å². The van der Waals surface area contributed by atoms with Crippen molar-refractivity contribution >= 4 is 28.4 Å². The maximum absolute atomic E-state index is 12.4. The van der Waals surface area contributed by atoms with E-state index in [0.29, 0.717) is 30.0 Å². The molecule has 0 amide bonds. The van der Waals surface area contributed by atoms with Crippen molar-refractivity contribution in [1.82, 2.24) is 4.72 Å². The van der Waals surface area contributed by atoms with E-state index in [1.54, 1.807) is 54.6 Å². The molecule has 0 saturated carbocycles. The molecule has 0 aliphatic rings. The van der Waals surface area contributed by atoms with Crippen LogP contribution in [0.15, 0.2) is 54.6 Å². The molecule has 0 bridgehead atoms. The molecular formula is C22H31ClN2O5S. The Labute approximate surface area is 190 Å². The van der Waals surface area contributed by atoms with Crippen LogP contribution in [0.25, 0.3) is 0 Å². The van der Waals surface area contributed by atoms with Crippen LogP contribution in [0.4, 0.5) is 0 Å². The molecule has 1 unspecified atom stereocenters. The fourth-order valence-electron chi connectivity index (χ4n) is 2.98. The number of benzene rings is 2. The Morgan fingerprint density at radius 3 is 2.23 bits per heavy atom. The van der Waals surface area contributed by atoms with Crippen LogP contribution in [0, 0.1) is 0 Å². The Balaban J connectivity index is 0.00000480. The van der Waals surface area contributed by atoms with Crippen LogP contribution in [0.3, 0.4) is 0 Å². The first-order valence-electron chi connectivity index (χ1n) is 10.1. The van der Waals surface area contributed by atoms with Crippen molar-refractivity contribution < 1.29 is 23.1 Å². The molecule has 7 nitrogen and oxygen atoms in total. The predicted octanol–water partition coefficient (Wildman–Crippen LogP) is 3.12. The number of halogens is 1. The molecule has 0 saturated heterocycles. The maximum Gasteiger partial charge on any atom is 0.322 e. The zero-order chi connectivity index (χ0) is 21.8.